The molecule has 3 rings (SSSR count). The van der Waals surface area contributed by atoms with Crippen LogP contribution >= 0.6 is 8.03 Å². The minimum Gasteiger partial charge on any atom is -0.298 e. The van der Waals surface area contributed by atoms with Crippen molar-refractivity contribution in [2.75, 3.05) is 19.6 Å². The molecule has 1 fully saturated rings. The van der Waals surface area contributed by atoms with Crippen LogP contribution in [0, 0.1) is 0 Å². The molecule has 3 nitrogen and oxygen atoms in total. The fourth-order valence-corrected chi connectivity index (χ4v) is 4.22. The van der Waals surface area contributed by atoms with E-state index in [1.54, 1.807) is 0 Å². The highest BCUT2D eigenvalue weighted by molar-refractivity contribution is 7.38. The molecule has 130 valence electrons. The summed E-state index contributed by atoms with van der Waals surface area (Å²) in [5, 5.41) is 0. The van der Waals surface area contributed by atoms with Crippen molar-refractivity contribution >= 4 is 13.6 Å². The lowest BCUT2D eigenvalue weighted by Crippen LogP contribution is -2.37. The molecule has 0 aromatic heterocycles. The second kappa shape index (κ2) is 9.05. The lowest BCUT2D eigenvalue weighted by molar-refractivity contribution is 0.231. The molecule has 1 aliphatic rings. The van der Waals surface area contributed by atoms with E-state index < -0.39 is 8.03 Å². The number of benzene rings is 2. The van der Waals surface area contributed by atoms with Gasteiger partial charge in [-0.25, -0.2) is 0 Å². The summed E-state index contributed by atoms with van der Waals surface area (Å²) in [6, 6.07) is 20.9. The maximum atomic E-state index is 11.4. The lowest BCUT2D eigenvalue weighted by Gasteiger charge is -2.26. The minimum atomic E-state index is -2.05. The Morgan fingerprint density at radius 2 is 1.68 bits per heavy atom. The van der Waals surface area contributed by atoms with Crippen molar-refractivity contribution in [2.45, 2.75) is 24.9 Å². The predicted octanol–water partition coefficient (Wildman–Crippen LogP) is 4.71. The third-order valence-electron chi connectivity index (χ3n) is 4.76. The van der Waals surface area contributed by atoms with Crippen molar-refractivity contribution in [1.29, 1.82) is 0 Å². The molecule has 0 aliphatic carbocycles. The summed E-state index contributed by atoms with van der Waals surface area (Å²) in [5.74, 6) is 0. The molecule has 2 unspecified atom stereocenters. The highest BCUT2D eigenvalue weighted by atomic mass is 31.1. The summed E-state index contributed by atoms with van der Waals surface area (Å²) >= 11 is 0. The predicted molar refractivity (Wildman–Crippen MR) is 104 cm³/mol. The van der Waals surface area contributed by atoms with Crippen LogP contribution < -0.4 is 0 Å². The molecule has 1 heterocycles. The van der Waals surface area contributed by atoms with Gasteiger partial charge in [0, 0.05) is 13.1 Å². The molecule has 0 amide bonds. The van der Waals surface area contributed by atoms with E-state index in [4.69, 9.17) is 0 Å². The van der Waals surface area contributed by atoms with E-state index in [1.807, 2.05) is 12.1 Å². The lowest BCUT2D eigenvalue weighted by atomic mass is 9.97. The van der Waals surface area contributed by atoms with Crippen LogP contribution in [0.25, 0.3) is 5.57 Å². The number of hydrogen-bond acceptors (Lipinski definition) is 2. The van der Waals surface area contributed by atoms with Crippen molar-refractivity contribution < 1.29 is 9.46 Å². The summed E-state index contributed by atoms with van der Waals surface area (Å²) in [6.45, 7) is 2.70. The molecule has 2 atom stereocenters. The van der Waals surface area contributed by atoms with E-state index in [0.29, 0.717) is 0 Å². The zero-order valence-corrected chi connectivity index (χ0v) is 15.3. The summed E-state index contributed by atoms with van der Waals surface area (Å²) < 4.78 is 11.4. The van der Waals surface area contributed by atoms with Gasteiger partial charge in [-0.15, -0.1) is 0 Å². The topological polar surface area (TPSA) is 40.5 Å². The van der Waals surface area contributed by atoms with Crippen molar-refractivity contribution in [3.8, 4) is 0 Å². The first-order chi connectivity index (χ1) is 12.2. The van der Waals surface area contributed by atoms with Crippen LogP contribution in [0.2, 0.25) is 0 Å². The van der Waals surface area contributed by atoms with Crippen molar-refractivity contribution in [3.05, 3.63) is 77.9 Å². The number of rotatable bonds is 6. The van der Waals surface area contributed by atoms with Crippen LogP contribution in [0.3, 0.4) is 0 Å². The van der Waals surface area contributed by atoms with Gasteiger partial charge in [0.2, 0.25) is 0 Å². The number of nitrogens with zero attached hydrogens (tertiary/aromatic N) is 1. The van der Waals surface area contributed by atoms with Gasteiger partial charge >= 0.3 is 8.03 Å². The van der Waals surface area contributed by atoms with E-state index in [-0.39, 0.29) is 5.66 Å². The van der Waals surface area contributed by atoms with Crippen LogP contribution in [0.1, 0.15) is 30.4 Å². The summed E-state index contributed by atoms with van der Waals surface area (Å²) in [5.41, 5.74) is 3.64. The second-order valence-electron chi connectivity index (χ2n) is 6.54. The maximum absolute atomic E-state index is 11.4. The Morgan fingerprint density at radius 3 is 2.24 bits per heavy atom. The normalized spacial score (nSPS) is 18.6. The molecule has 0 radical (unpaired) electrons. The Labute approximate surface area is 150 Å². The molecule has 2 aromatic carbocycles. The van der Waals surface area contributed by atoms with Gasteiger partial charge in [0.1, 0.15) is 0 Å². The fraction of sp³-hybridized carbons (Fsp3) is 0.333. The number of hydrogen-bond donors (Lipinski definition) is 1. The molecular formula is C21H25NO2P+. The molecule has 1 N–H and O–H groups in total. The molecule has 0 spiro atoms. The third kappa shape index (κ3) is 5.09. The van der Waals surface area contributed by atoms with E-state index in [9.17, 15) is 9.46 Å². The Kier molecular flexibility index (Phi) is 6.52. The molecule has 2 aromatic rings. The monoisotopic (exact) mass is 354 g/mol. The molecule has 25 heavy (non-hydrogen) atoms. The van der Waals surface area contributed by atoms with Crippen LogP contribution in [0.15, 0.2) is 66.7 Å². The van der Waals surface area contributed by atoms with E-state index in [0.717, 1.165) is 38.9 Å². The Bertz CT molecular complexity index is 674. The van der Waals surface area contributed by atoms with Gasteiger partial charge < -0.3 is 0 Å². The first kappa shape index (κ1) is 18.0. The SMILES string of the molecule is O=[P+](O)C1CCCN(CCC=C(c2ccccc2)c2ccccc2)C1. The number of piperidine rings is 1. The zero-order valence-electron chi connectivity index (χ0n) is 14.4. The van der Waals surface area contributed by atoms with Gasteiger partial charge in [0.25, 0.3) is 0 Å². The minimum absolute atomic E-state index is 0.0598. The van der Waals surface area contributed by atoms with Crippen molar-refractivity contribution in [1.82, 2.24) is 4.90 Å². The molecular weight excluding hydrogens is 329 g/mol. The quantitative estimate of drug-likeness (QED) is 0.764. The Morgan fingerprint density at radius 1 is 1.08 bits per heavy atom. The molecule has 1 saturated heterocycles. The van der Waals surface area contributed by atoms with Crippen LogP contribution in [-0.4, -0.2) is 35.1 Å². The first-order valence-corrected chi connectivity index (χ1v) is 10.2. The van der Waals surface area contributed by atoms with Crippen LogP contribution in [0.5, 0.6) is 0 Å². The van der Waals surface area contributed by atoms with Gasteiger partial charge in [-0.05, 0) is 47.1 Å². The largest absolute Gasteiger partial charge is 0.510 e. The Hall–Kier alpha value is -1.80. The first-order valence-electron chi connectivity index (χ1n) is 8.92. The molecule has 4 heteroatoms. The van der Waals surface area contributed by atoms with Gasteiger partial charge in [0.05, 0.1) is 0 Å². The third-order valence-corrected chi connectivity index (χ3v) is 5.80. The summed E-state index contributed by atoms with van der Waals surface area (Å²) in [4.78, 5) is 11.7. The highest BCUT2D eigenvalue weighted by Gasteiger charge is 2.33. The summed E-state index contributed by atoms with van der Waals surface area (Å²) in [6.07, 6.45) is 5.12. The molecule has 0 saturated carbocycles. The van der Waals surface area contributed by atoms with Gasteiger partial charge in [0.15, 0.2) is 5.66 Å². The van der Waals surface area contributed by atoms with Crippen molar-refractivity contribution in [3.63, 3.8) is 0 Å². The van der Waals surface area contributed by atoms with Gasteiger partial charge in [-0.1, -0.05) is 66.7 Å². The van der Waals surface area contributed by atoms with Crippen molar-refractivity contribution in [2.24, 2.45) is 0 Å². The number of likely N-dealkylation sites (tertiary alicyclic amines) is 1. The van der Waals surface area contributed by atoms with E-state index in [2.05, 4.69) is 59.5 Å². The van der Waals surface area contributed by atoms with Crippen LogP contribution in [0.4, 0.5) is 0 Å². The standard InChI is InChI=1S/C21H24NO2P/c23-25(24)20-13-7-15-22(17-20)16-8-14-21(18-9-3-1-4-10-18)19-11-5-2-6-12-19/h1-6,9-12,14,20H,7-8,13,15-17H2/p+1. The van der Waals surface area contributed by atoms with E-state index >= 15 is 0 Å². The van der Waals surface area contributed by atoms with Crippen LogP contribution in [-0.2, 0) is 4.57 Å². The molecule has 0 bridgehead atoms. The zero-order chi connectivity index (χ0) is 17.5. The van der Waals surface area contributed by atoms with Gasteiger partial charge in [-0.2, -0.15) is 4.89 Å². The molecule has 1 aliphatic heterocycles. The smallest absolute Gasteiger partial charge is 0.298 e. The highest BCUT2D eigenvalue weighted by Crippen LogP contribution is 2.30. The average molecular weight is 354 g/mol. The fourth-order valence-electron chi connectivity index (χ4n) is 3.44. The second-order valence-corrected chi connectivity index (χ2v) is 7.87. The summed E-state index contributed by atoms with van der Waals surface area (Å²) in [7, 11) is -2.05. The van der Waals surface area contributed by atoms with Gasteiger partial charge in [-0.3, -0.25) is 4.90 Å². The maximum Gasteiger partial charge on any atom is 0.510 e. The van der Waals surface area contributed by atoms with E-state index in [1.165, 1.54) is 16.7 Å². The Balaban J connectivity index is 1.70. The average Bonchev–Trinajstić information content (AvgIpc) is 2.67.